The molecule has 160 valence electrons. The fourth-order valence-electron chi connectivity index (χ4n) is 3.75. The Balaban J connectivity index is 1.57. The maximum Gasteiger partial charge on any atom is 0.124 e. The van der Waals surface area contributed by atoms with Crippen LogP contribution in [0.15, 0.2) is 41.2 Å². The molecule has 2 aromatic heterocycles. The lowest BCUT2D eigenvalue weighted by molar-refractivity contribution is -0.226. The summed E-state index contributed by atoms with van der Waals surface area (Å²) in [6.07, 6.45) is -0.925. The van der Waals surface area contributed by atoms with Crippen molar-refractivity contribution in [2.45, 2.75) is 56.7 Å². The molecule has 0 radical (unpaired) electrons. The van der Waals surface area contributed by atoms with Gasteiger partial charge in [0.15, 0.2) is 0 Å². The fourth-order valence-corrected chi connectivity index (χ4v) is 5.58. The Hall–Kier alpha value is -1.32. The summed E-state index contributed by atoms with van der Waals surface area (Å²) in [5, 5.41) is 36.8. The Morgan fingerprint density at radius 3 is 2.70 bits per heavy atom. The fraction of sp³-hybridized carbons (Fsp3) is 0.409. The maximum absolute atomic E-state index is 10.5. The van der Waals surface area contributed by atoms with Gasteiger partial charge in [0.1, 0.15) is 29.4 Å². The highest BCUT2D eigenvalue weighted by molar-refractivity contribution is 7.15. The van der Waals surface area contributed by atoms with E-state index in [9.17, 15) is 15.3 Å². The summed E-state index contributed by atoms with van der Waals surface area (Å²) in [6.45, 7) is 1.99. The van der Waals surface area contributed by atoms with Gasteiger partial charge in [0.2, 0.25) is 0 Å². The van der Waals surface area contributed by atoms with E-state index in [0.29, 0.717) is 17.9 Å². The van der Waals surface area contributed by atoms with Gasteiger partial charge in [-0.25, -0.2) is 4.98 Å². The molecule has 5 nitrogen and oxygen atoms in total. The predicted molar refractivity (Wildman–Crippen MR) is 120 cm³/mol. The lowest BCUT2D eigenvalue weighted by atomic mass is 9.89. The van der Waals surface area contributed by atoms with E-state index >= 15 is 0 Å². The number of aliphatic hydroxyl groups is 3. The summed E-state index contributed by atoms with van der Waals surface area (Å²) < 4.78 is 5.99. The normalized spacial score (nSPS) is 26.8. The van der Waals surface area contributed by atoms with E-state index in [1.54, 1.807) is 34.8 Å². The summed E-state index contributed by atoms with van der Waals surface area (Å²) in [7, 11) is 0. The molecule has 0 unspecified atom stereocenters. The number of rotatable bonds is 6. The second-order valence-electron chi connectivity index (χ2n) is 7.53. The molecule has 3 N–H and O–H groups in total. The van der Waals surface area contributed by atoms with Gasteiger partial charge in [-0.15, -0.1) is 11.3 Å². The molecule has 1 aliphatic rings. The van der Waals surface area contributed by atoms with Crippen LogP contribution in [0.2, 0.25) is 5.02 Å². The Kier molecular flexibility index (Phi) is 6.89. The number of aromatic nitrogens is 1. The molecule has 3 aromatic rings. The molecule has 0 saturated carbocycles. The van der Waals surface area contributed by atoms with Gasteiger partial charge in [-0.1, -0.05) is 37.1 Å². The van der Waals surface area contributed by atoms with Gasteiger partial charge in [-0.3, -0.25) is 0 Å². The first-order chi connectivity index (χ1) is 14.5. The van der Waals surface area contributed by atoms with Crippen LogP contribution in [0.25, 0.3) is 10.6 Å². The predicted octanol–water partition coefficient (Wildman–Crippen LogP) is 4.44. The molecule has 0 amide bonds. The van der Waals surface area contributed by atoms with Gasteiger partial charge < -0.3 is 20.1 Å². The first-order valence-corrected chi connectivity index (χ1v) is 12.1. The van der Waals surface area contributed by atoms with E-state index < -0.39 is 30.5 Å². The number of ether oxygens (including phenoxy) is 1. The average Bonchev–Trinajstić information content (AvgIpc) is 3.42. The Labute approximate surface area is 188 Å². The van der Waals surface area contributed by atoms with Gasteiger partial charge in [0.05, 0.1) is 6.10 Å². The maximum atomic E-state index is 10.5. The van der Waals surface area contributed by atoms with Crippen molar-refractivity contribution in [3.8, 4) is 10.6 Å². The number of halogens is 1. The summed E-state index contributed by atoms with van der Waals surface area (Å²) >= 11 is 9.72. The van der Waals surface area contributed by atoms with Crippen LogP contribution in [0, 0.1) is 0 Å². The van der Waals surface area contributed by atoms with Crippen molar-refractivity contribution in [2.75, 3.05) is 0 Å². The zero-order valence-electron chi connectivity index (χ0n) is 16.4. The largest absolute Gasteiger partial charge is 0.388 e. The van der Waals surface area contributed by atoms with Crippen LogP contribution in [-0.2, 0) is 11.2 Å². The molecule has 30 heavy (non-hydrogen) atoms. The van der Waals surface area contributed by atoms with Crippen molar-refractivity contribution in [3.63, 3.8) is 0 Å². The van der Waals surface area contributed by atoms with Gasteiger partial charge in [0.25, 0.3) is 0 Å². The van der Waals surface area contributed by atoms with Crippen LogP contribution < -0.4 is 0 Å². The van der Waals surface area contributed by atoms with Crippen LogP contribution in [-0.4, -0.2) is 44.7 Å². The van der Waals surface area contributed by atoms with Crippen LogP contribution in [0.3, 0.4) is 0 Å². The second kappa shape index (κ2) is 9.44. The number of thiophene rings is 1. The third-order valence-corrected chi connectivity index (χ3v) is 7.47. The molecule has 1 fully saturated rings. The highest BCUT2D eigenvalue weighted by Gasteiger charge is 2.43. The van der Waals surface area contributed by atoms with E-state index in [4.69, 9.17) is 16.3 Å². The highest BCUT2D eigenvalue weighted by atomic mass is 35.5. The smallest absolute Gasteiger partial charge is 0.124 e. The lowest BCUT2D eigenvalue weighted by Gasteiger charge is -2.41. The number of hydrogen-bond donors (Lipinski definition) is 3. The lowest BCUT2D eigenvalue weighted by Crippen LogP contribution is -2.54. The number of thiazole rings is 1. The van der Waals surface area contributed by atoms with E-state index in [0.717, 1.165) is 33.0 Å². The van der Waals surface area contributed by atoms with Crippen LogP contribution in [0.4, 0.5) is 0 Å². The summed E-state index contributed by atoms with van der Waals surface area (Å²) in [5.41, 5.74) is 2.75. The molecular formula is C22H24ClNO4S2. The molecule has 0 aliphatic carbocycles. The Morgan fingerprint density at radius 1 is 1.13 bits per heavy atom. The molecule has 1 saturated heterocycles. The van der Waals surface area contributed by atoms with Gasteiger partial charge in [-0.05, 0) is 35.1 Å². The molecule has 8 heteroatoms. The third-order valence-electron chi connectivity index (χ3n) is 5.37. The minimum absolute atomic E-state index is 0.521. The van der Waals surface area contributed by atoms with Gasteiger partial charge >= 0.3 is 0 Å². The third kappa shape index (κ3) is 4.48. The number of nitrogens with zero attached hydrogens (tertiary/aromatic N) is 1. The molecular weight excluding hydrogens is 442 g/mol. The minimum atomic E-state index is -1.26. The Morgan fingerprint density at radius 2 is 1.97 bits per heavy atom. The first kappa shape index (κ1) is 21.9. The second-order valence-corrected chi connectivity index (χ2v) is 9.83. The van der Waals surface area contributed by atoms with Crippen LogP contribution >= 0.6 is 34.3 Å². The van der Waals surface area contributed by atoms with Crippen molar-refractivity contribution >= 4 is 34.3 Å². The summed E-state index contributed by atoms with van der Waals surface area (Å²) in [5.74, 6) is 0. The topological polar surface area (TPSA) is 82.8 Å². The zero-order chi connectivity index (χ0) is 21.3. The van der Waals surface area contributed by atoms with Crippen molar-refractivity contribution in [1.82, 2.24) is 4.98 Å². The van der Waals surface area contributed by atoms with E-state index in [1.807, 2.05) is 24.6 Å². The van der Waals surface area contributed by atoms with Crippen molar-refractivity contribution in [2.24, 2.45) is 0 Å². The molecule has 5 atom stereocenters. The van der Waals surface area contributed by atoms with Crippen LogP contribution in [0.1, 0.15) is 41.9 Å². The summed E-state index contributed by atoms with van der Waals surface area (Å²) in [4.78, 5) is 5.60. The number of hydrogen-bond acceptors (Lipinski definition) is 7. The molecule has 1 aromatic carbocycles. The monoisotopic (exact) mass is 465 g/mol. The molecule has 0 bridgehead atoms. The minimum Gasteiger partial charge on any atom is -0.388 e. The van der Waals surface area contributed by atoms with Crippen molar-refractivity contribution in [1.29, 1.82) is 0 Å². The van der Waals surface area contributed by atoms with E-state index in [2.05, 4.69) is 16.4 Å². The number of benzene rings is 1. The zero-order valence-corrected chi connectivity index (χ0v) is 18.8. The van der Waals surface area contributed by atoms with Gasteiger partial charge in [0, 0.05) is 33.5 Å². The average molecular weight is 466 g/mol. The van der Waals surface area contributed by atoms with Crippen molar-refractivity contribution in [3.05, 3.63) is 62.2 Å². The van der Waals surface area contributed by atoms with Crippen molar-refractivity contribution < 1.29 is 20.1 Å². The SMILES string of the molecule is CCC[C@H]1O[C@@H](c2ccc(Cl)c(Cc3cnc(-c4ccsc4)s3)c2)[C@H](O)[C@H](O)[C@@H]1O. The van der Waals surface area contributed by atoms with E-state index in [1.165, 1.54) is 0 Å². The van der Waals surface area contributed by atoms with Crippen LogP contribution in [0.5, 0.6) is 0 Å². The van der Waals surface area contributed by atoms with E-state index in [-0.39, 0.29) is 0 Å². The van der Waals surface area contributed by atoms with Gasteiger partial charge in [-0.2, -0.15) is 11.3 Å². The number of aliphatic hydroxyl groups excluding tert-OH is 3. The Bertz CT molecular complexity index is 977. The first-order valence-electron chi connectivity index (χ1n) is 9.93. The standard InChI is InChI=1S/C22H24ClNO4S2/c1-2-3-17-18(25)19(26)20(27)21(28-17)12-4-5-16(23)14(8-12)9-15-10-24-22(30-15)13-6-7-29-11-13/h4-8,10-11,17-21,25-27H,2-3,9H2,1H3/t17-,18-,19-,20-,21+/m1/s1. The molecule has 4 rings (SSSR count). The summed E-state index contributed by atoms with van der Waals surface area (Å²) in [6, 6.07) is 7.55. The molecule has 1 aliphatic heterocycles. The highest BCUT2D eigenvalue weighted by Crippen LogP contribution is 2.36. The molecule has 0 spiro atoms. The quantitative estimate of drug-likeness (QED) is 0.501. The molecule has 3 heterocycles.